The average molecular weight is 785 g/mol. The standard InChI is InChI=1S/C62H40/c1-3-17-41(18-4-1)43-33-37-45(38-34-43)59-51-21-7-11-25-55(51)61(56-26-12-8-22-52(56)59)49-31-15-30-48-47(49)29-16-32-50(48)62-57-27-13-9-23-53(57)60(54-24-10-14-28-58(54)62)46-39-35-44(36-40-46)42-19-5-2-6-20-42/h1-40H. The zero-order valence-corrected chi connectivity index (χ0v) is 34.1. The molecule has 0 bridgehead atoms. The molecule has 0 nitrogen and oxygen atoms in total. The summed E-state index contributed by atoms with van der Waals surface area (Å²) < 4.78 is 0. The first-order valence-electron chi connectivity index (χ1n) is 21.5. The molecule has 288 valence electrons. The summed E-state index contributed by atoms with van der Waals surface area (Å²) in [4.78, 5) is 0. The van der Waals surface area contributed by atoms with E-state index in [9.17, 15) is 0 Å². The highest BCUT2D eigenvalue weighted by molar-refractivity contribution is 6.27. The Morgan fingerprint density at radius 1 is 0.129 bits per heavy atom. The van der Waals surface area contributed by atoms with E-state index in [1.54, 1.807) is 0 Å². The van der Waals surface area contributed by atoms with Gasteiger partial charge >= 0.3 is 0 Å². The predicted octanol–water partition coefficient (Wildman–Crippen LogP) is 17.5. The van der Waals surface area contributed by atoms with E-state index in [1.165, 1.54) is 121 Å². The van der Waals surface area contributed by atoms with E-state index in [-0.39, 0.29) is 0 Å². The van der Waals surface area contributed by atoms with Crippen LogP contribution in [0.2, 0.25) is 0 Å². The third-order valence-corrected chi connectivity index (χ3v) is 12.9. The van der Waals surface area contributed by atoms with Gasteiger partial charge in [0.15, 0.2) is 0 Å². The maximum absolute atomic E-state index is 2.33. The summed E-state index contributed by atoms with van der Waals surface area (Å²) in [5.41, 5.74) is 14.9. The van der Waals surface area contributed by atoms with Crippen LogP contribution in [-0.4, -0.2) is 0 Å². The van der Waals surface area contributed by atoms with Gasteiger partial charge in [-0.15, -0.1) is 0 Å². The van der Waals surface area contributed by atoms with Crippen LogP contribution in [0, 0.1) is 0 Å². The molecule has 0 heterocycles. The van der Waals surface area contributed by atoms with Crippen molar-refractivity contribution in [3.63, 3.8) is 0 Å². The molecule has 0 N–H and O–H groups in total. The Morgan fingerprint density at radius 3 is 0.661 bits per heavy atom. The molecule has 0 amide bonds. The van der Waals surface area contributed by atoms with Crippen LogP contribution in [0.1, 0.15) is 0 Å². The van der Waals surface area contributed by atoms with Gasteiger partial charge in [0, 0.05) is 0 Å². The fourth-order valence-corrected chi connectivity index (χ4v) is 10.1. The van der Waals surface area contributed by atoms with E-state index in [4.69, 9.17) is 0 Å². The van der Waals surface area contributed by atoms with E-state index in [0.29, 0.717) is 0 Å². The molecule has 12 rings (SSSR count). The van der Waals surface area contributed by atoms with Crippen LogP contribution in [0.15, 0.2) is 243 Å². The molecule has 0 aliphatic heterocycles. The van der Waals surface area contributed by atoms with Gasteiger partial charge in [0.2, 0.25) is 0 Å². The van der Waals surface area contributed by atoms with Gasteiger partial charge in [-0.05, 0) is 121 Å². The van der Waals surface area contributed by atoms with Crippen molar-refractivity contribution in [1.29, 1.82) is 0 Å². The Bertz CT molecular complexity index is 3280. The van der Waals surface area contributed by atoms with Crippen LogP contribution >= 0.6 is 0 Å². The lowest BCUT2D eigenvalue weighted by Gasteiger charge is -2.21. The third-order valence-electron chi connectivity index (χ3n) is 12.9. The maximum atomic E-state index is 2.33. The number of benzene rings is 12. The minimum atomic E-state index is 1.22. The van der Waals surface area contributed by atoms with Crippen LogP contribution < -0.4 is 0 Å². The largest absolute Gasteiger partial charge is 0.0622 e. The highest BCUT2D eigenvalue weighted by Gasteiger charge is 2.21. The molecule has 0 spiro atoms. The molecule has 0 aliphatic rings. The SMILES string of the molecule is c1ccc(-c2ccc(-c3c4ccccc4c(-c4cccc5c(-c6c7ccccc7c(-c7ccc(-c8ccccc8)cc7)c7ccccc67)cccc45)c4ccccc34)cc2)cc1. The fourth-order valence-electron chi connectivity index (χ4n) is 10.1. The van der Waals surface area contributed by atoms with Crippen molar-refractivity contribution in [3.05, 3.63) is 243 Å². The number of hydrogen-bond acceptors (Lipinski definition) is 0. The molecule has 0 aromatic heterocycles. The molecule has 0 saturated carbocycles. The Labute approximate surface area is 361 Å². The molecule has 0 unspecified atom stereocenters. The number of hydrogen-bond donors (Lipinski definition) is 0. The van der Waals surface area contributed by atoms with Crippen LogP contribution in [0.3, 0.4) is 0 Å². The predicted molar refractivity (Wildman–Crippen MR) is 267 cm³/mol. The first-order chi connectivity index (χ1) is 30.8. The molecule has 62 heavy (non-hydrogen) atoms. The Hall–Kier alpha value is -8.06. The first kappa shape index (κ1) is 35.8. The minimum Gasteiger partial charge on any atom is -0.0622 e. The highest BCUT2D eigenvalue weighted by Crippen LogP contribution is 2.49. The smallest absolute Gasteiger partial charge is 0.00201 e. The quantitative estimate of drug-likeness (QED) is 0.147. The van der Waals surface area contributed by atoms with Gasteiger partial charge in [0.1, 0.15) is 0 Å². The van der Waals surface area contributed by atoms with E-state index < -0.39 is 0 Å². The summed E-state index contributed by atoms with van der Waals surface area (Å²) in [6.45, 7) is 0. The zero-order chi connectivity index (χ0) is 41.0. The van der Waals surface area contributed by atoms with Crippen LogP contribution in [0.4, 0.5) is 0 Å². The van der Waals surface area contributed by atoms with Gasteiger partial charge in [-0.25, -0.2) is 0 Å². The summed E-state index contributed by atoms with van der Waals surface area (Å²) in [6, 6.07) is 89.2. The summed E-state index contributed by atoms with van der Waals surface area (Å²) >= 11 is 0. The van der Waals surface area contributed by atoms with Gasteiger partial charge < -0.3 is 0 Å². The molecular weight excluding hydrogens is 745 g/mol. The van der Waals surface area contributed by atoms with Gasteiger partial charge in [0.05, 0.1) is 0 Å². The van der Waals surface area contributed by atoms with E-state index in [0.717, 1.165) is 0 Å². The second-order valence-corrected chi connectivity index (χ2v) is 16.3. The zero-order valence-electron chi connectivity index (χ0n) is 34.1. The molecular formula is C62H40. The second kappa shape index (κ2) is 14.9. The second-order valence-electron chi connectivity index (χ2n) is 16.3. The van der Waals surface area contributed by atoms with E-state index >= 15 is 0 Å². The number of fused-ring (bicyclic) bond motifs is 5. The monoisotopic (exact) mass is 784 g/mol. The van der Waals surface area contributed by atoms with Gasteiger partial charge in [-0.3, -0.25) is 0 Å². The van der Waals surface area contributed by atoms with Gasteiger partial charge in [-0.1, -0.05) is 243 Å². The Balaban J connectivity index is 1.07. The van der Waals surface area contributed by atoms with Crippen molar-refractivity contribution < 1.29 is 0 Å². The summed E-state index contributed by atoms with van der Waals surface area (Å²) in [5, 5.41) is 12.5. The van der Waals surface area contributed by atoms with Gasteiger partial charge in [-0.2, -0.15) is 0 Å². The van der Waals surface area contributed by atoms with Crippen LogP contribution in [-0.2, 0) is 0 Å². The van der Waals surface area contributed by atoms with Crippen molar-refractivity contribution in [3.8, 4) is 66.8 Å². The summed E-state index contributed by atoms with van der Waals surface area (Å²) in [7, 11) is 0. The lowest BCUT2D eigenvalue weighted by molar-refractivity contribution is 1.61. The lowest BCUT2D eigenvalue weighted by Crippen LogP contribution is -1.93. The average Bonchev–Trinajstić information content (AvgIpc) is 3.35. The van der Waals surface area contributed by atoms with E-state index in [1.807, 2.05) is 0 Å². The molecule has 0 radical (unpaired) electrons. The Kier molecular flexibility index (Phi) is 8.61. The fraction of sp³-hybridized carbons (Fsp3) is 0. The topological polar surface area (TPSA) is 0 Å². The molecule has 0 saturated heterocycles. The molecule has 0 atom stereocenters. The van der Waals surface area contributed by atoms with Crippen molar-refractivity contribution in [1.82, 2.24) is 0 Å². The summed E-state index contributed by atoms with van der Waals surface area (Å²) in [6.07, 6.45) is 0. The first-order valence-corrected chi connectivity index (χ1v) is 21.5. The van der Waals surface area contributed by atoms with E-state index in [2.05, 4.69) is 243 Å². The minimum absolute atomic E-state index is 1.22. The maximum Gasteiger partial charge on any atom is -0.00201 e. The molecule has 12 aromatic rings. The van der Waals surface area contributed by atoms with Crippen molar-refractivity contribution >= 4 is 53.9 Å². The number of rotatable bonds is 6. The van der Waals surface area contributed by atoms with Crippen LogP contribution in [0.25, 0.3) is 121 Å². The van der Waals surface area contributed by atoms with Gasteiger partial charge in [0.25, 0.3) is 0 Å². The van der Waals surface area contributed by atoms with Crippen molar-refractivity contribution in [2.24, 2.45) is 0 Å². The van der Waals surface area contributed by atoms with Crippen molar-refractivity contribution in [2.75, 3.05) is 0 Å². The third kappa shape index (κ3) is 5.84. The van der Waals surface area contributed by atoms with Crippen LogP contribution in [0.5, 0.6) is 0 Å². The highest BCUT2D eigenvalue weighted by atomic mass is 14.2. The lowest BCUT2D eigenvalue weighted by atomic mass is 9.82. The summed E-state index contributed by atoms with van der Waals surface area (Å²) in [5.74, 6) is 0. The molecule has 0 aliphatic carbocycles. The van der Waals surface area contributed by atoms with Crippen molar-refractivity contribution in [2.45, 2.75) is 0 Å². The molecule has 0 fully saturated rings. The normalized spacial score (nSPS) is 11.5. The molecule has 0 heteroatoms. The Morgan fingerprint density at radius 2 is 0.355 bits per heavy atom. The molecule has 12 aromatic carbocycles.